The summed E-state index contributed by atoms with van der Waals surface area (Å²) in [6, 6.07) is 18.5. The van der Waals surface area contributed by atoms with Crippen LogP contribution < -0.4 is 5.32 Å². The summed E-state index contributed by atoms with van der Waals surface area (Å²) in [5.41, 5.74) is 2.25. The van der Waals surface area contributed by atoms with Crippen LogP contribution in [0.1, 0.15) is 17.5 Å². The van der Waals surface area contributed by atoms with Crippen LogP contribution in [0.4, 0.5) is 5.69 Å². The van der Waals surface area contributed by atoms with E-state index in [1.807, 2.05) is 36.4 Å². The molecule has 2 aromatic rings. The molecule has 2 atom stereocenters. The molecule has 1 fully saturated rings. The fraction of sp³-hybridized carbons (Fsp3) is 0.250. The first-order valence-electron chi connectivity index (χ1n) is 8.18. The highest BCUT2D eigenvalue weighted by Gasteiger charge is 2.49. The summed E-state index contributed by atoms with van der Waals surface area (Å²) < 4.78 is 0. The number of nitrogens with zero attached hydrogens (tertiary/aromatic N) is 2. The first-order valence-corrected chi connectivity index (χ1v) is 8.18. The van der Waals surface area contributed by atoms with E-state index in [4.69, 9.17) is 5.26 Å². The van der Waals surface area contributed by atoms with Gasteiger partial charge in [-0.05, 0) is 36.2 Å². The third-order valence-electron chi connectivity index (χ3n) is 4.36. The van der Waals surface area contributed by atoms with Crippen LogP contribution in [0.15, 0.2) is 54.6 Å². The van der Waals surface area contributed by atoms with Gasteiger partial charge >= 0.3 is 0 Å². The summed E-state index contributed by atoms with van der Waals surface area (Å²) >= 11 is 0. The van der Waals surface area contributed by atoms with Gasteiger partial charge in [-0.15, -0.1) is 0 Å². The molecule has 0 saturated heterocycles. The average molecular weight is 333 g/mol. The van der Waals surface area contributed by atoms with Crippen LogP contribution in [-0.4, -0.2) is 23.8 Å². The lowest BCUT2D eigenvalue weighted by atomic mass is 10.2. The molecule has 0 spiro atoms. The number of carbonyl (C=O) groups is 2. The van der Waals surface area contributed by atoms with Gasteiger partial charge in [0.25, 0.3) is 0 Å². The number of benzene rings is 2. The molecule has 2 aromatic carbocycles. The van der Waals surface area contributed by atoms with E-state index < -0.39 is 0 Å². The van der Waals surface area contributed by atoms with Crippen LogP contribution in [0, 0.1) is 23.2 Å². The van der Waals surface area contributed by atoms with Gasteiger partial charge < -0.3 is 10.2 Å². The summed E-state index contributed by atoms with van der Waals surface area (Å²) in [5.74, 6) is -0.659. The quantitative estimate of drug-likeness (QED) is 0.914. The third kappa shape index (κ3) is 4.04. The van der Waals surface area contributed by atoms with E-state index in [2.05, 4.69) is 5.32 Å². The van der Waals surface area contributed by atoms with Gasteiger partial charge in [-0.2, -0.15) is 5.26 Å². The first kappa shape index (κ1) is 16.7. The van der Waals surface area contributed by atoms with Crippen molar-refractivity contribution in [3.8, 4) is 6.07 Å². The molecule has 2 unspecified atom stereocenters. The van der Waals surface area contributed by atoms with Crippen molar-refractivity contribution in [3.05, 3.63) is 65.7 Å². The van der Waals surface area contributed by atoms with Crippen LogP contribution >= 0.6 is 0 Å². The summed E-state index contributed by atoms with van der Waals surface area (Å²) in [6.45, 7) is 0.542. The van der Waals surface area contributed by atoms with Gasteiger partial charge in [-0.25, -0.2) is 0 Å². The Kier molecular flexibility index (Phi) is 4.80. The first-order chi connectivity index (χ1) is 12.1. The topological polar surface area (TPSA) is 73.2 Å². The van der Waals surface area contributed by atoms with Gasteiger partial charge in [-0.3, -0.25) is 9.59 Å². The predicted molar refractivity (Wildman–Crippen MR) is 94.3 cm³/mol. The van der Waals surface area contributed by atoms with Crippen molar-refractivity contribution in [3.63, 3.8) is 0 Å². The molecule has 25 heavy (non-hydrogen) atoms. The maximum atomic E-state index is 12.5. The average Bonchev–Trinajstić information content (AvgIpc) is 3.43. The Hall–Kier alpha value is -3.13. The summed E-state index contributed by atoms with van der Waals surface area (Å²) in [4.78, 5) is 26.4. The molecule has 126 valence electrons. The second-order valence-corrected chi connectivity index (χ2v) is 6.31. The Morgan fingerprint density at radius 2 is 1.80 bits per heavy atom. The normalized spacial score (nSPS) is 18.1. The molecule has 0 bridgehead atoms. The highest BCUT2D eigenvalue weighted by atomic mass is 16.2. The van der Waals surface area contributed by atoms with E-state index >= 15 is 0 Å². The van der Waals surface area contributed by atoms with Crippen LogP contribution in [-0.2, 0) is 16.1 Å². The number of hydrogen-bond acceptors (Lipinski definition) is 3. The third-order valence-corrected chi connectivity index (χ3v) is 4.36. The number of nitrogens with one attached hydrogen (secondary N) is 1. The lowest BCUT2D eigenvalue weighted by Crippen LogP contribution is -2.29. The Labute approximate surface area is 146 Å². The predicted octanol–water partition coefficient (Wildman–Crippen LogP) is 2.79. The van der Waals surface area contributed by atoms with Crippen molar-refractivity contribution >= 4 is 17.5 Å². The van der Waals surface area contributed by atoms with Gasteiger partial charge in [-0.1, -0.05) is 30.3 Å². The number of hydrogen-bond donors (Lipinski definition) is 1. The fourth-order valence-corrected chi connectivity index (χ4v) is 2.84. The van der Waals surface area contributed by atoms with Gasteiger partial charge in [0.1, 0.15) is 0 Å². The van der Waals surface area contributed by atoms with Crippen molar-refractivity contribution in [2.24, 2.45) is 11.8 Å². The Balaban J connectivity index is 1.53. The van der Waals surface area contributed by atoms with Gasteiger partial charge in [0.2, 0.25) is 11.8 Å². The second-order valence-electron chi connectivity index (χ2n) is 6.31. The second kappa shape index (κ2) is 7.18. The standard InChI is InChI=1S/C20H19N3O2/c1-23(13-15-5-3-2-4-6-15)20(25)18-11-17(18)19(24)22-16-9-7-14(12-21)8-10-16/h2-10,17-18H,11,13H2,1H3,(H,22,24). The molecular weight excluding hydrogens is 314 g/mol. The molecule has 0 radical (unpaired) electrons. The summed E-state index contributed by atoms with van der Waals surface area (Å²) in [5, 5.41) is 11.6. The largest absolute Gasteiger partial charge is 0.341 e. The number of carbonyl (C=O) groups excluding carboxylic acids is 2. The number of rotatable bonds is 5. The number of amides is 2. The molecule has 1 saturated carbocycles. The molecular formula is C20H19N3O2. The zero-order chi connectivity index (χ0) is 17.8. The molecule has 2 amide bonds. The Morgan fingerprint density at radius 3 is 2.44 bits per heavy atom. The minimum atomic E-state index is -0.277. The maximum Gasteiger partial charge on any atom is 0.228 e. The van der Waals surface area contributed by atoms with E-state index in [0.29, 0.717) is 24.2 Å². The molecule has 0 aliphatic heterocycles. The van der Waals surface area contributed by atoms with Crippen LogP contribution in [0.5, 0.6) is 0 Å². The molecule has 0 heterocycles. The van der Waals surface area contributed by atoms with E-state index in [1.54, 1.807) is 36.2 Å². The van der Waals surface area contributed by atoms with E-state index in [-0.39, 0.29) is 23.7 Å². The van der Waals surface area contributed by atoms with Gasteiger partial charge in [0.05, 0.1) is 23.5 Å². The van der Waals surface area contributed by atoms with E-state index in [1.165, 1.54) is 0 Å². The lowest BCUT2D eigenvalue weighted by Gasteiger charge is -2.17. The molecule has 5 heteroatoms. The lowest BCUT2D eigenvalue weighted by molar-refractivity contribution is -0.133. The number of anilines is 1. The highest BCUT2D eigenvalue weighted by molar-refractivity contribution is 5.99. The smallest absolute Gasteiger partial charge is 0.228 e. The molecule has 5 nitrogen and oxygen atoms in total. The molecule has 1 N–H and O–H groups in total. The van der Waals surface area contributed by atoms with E-state index in [9.17, 15) is 9.59 Å². The minimum absolute atomic E-state index is 0.00355. The van der Waals surface area contributed by atoms with Crippen molar-refractivity contribution in [2.45, 2.75) is 13.0 Å². The Morgan fingerprint density at radius 1 is 1.12 bits per heavy atom. The molecule has 1 aliphatic carbocycles. The van der Waals surface area contributed by atoms with E-state index in [0.717, 1.165) is 5.56 Å². The van der Waals surface area contributed by atoms with Crippen molar-refractivity contribution in [1.29, 1.82) is 5.26 Å². The minimum Gasteiger partial charge on any atom is -0.341 e. The van der Waals surface area contributed by atoms with Crippen LogP contribution in [0.2, 0.25) is 0 Å². The maximum absolute atomic E-state index is 12.5. The highest BCUT2D eigenvalue weighted by Crippen LogP contribution is 2.40. The van der Waals surface area contributed by atoms with Gasteiger partial charge in [0.15, 0.2) is 0 Å². The molecule has 3 rings (SSSR count). The summed E-state index contributed by atoms with van der Waals surface area (Å²) in [6.07, 6.45) is 0.583. The fourth-order valence-electron chi connectivity index (χ4n) is 2.84. The van der Waals surface area contributed by atoms with Crippen molar-refractivity contribution in [2.75, 3.05) is 12.4 Å². The van der Waals surface area contributed by atoms with Gasteiger partial charge in [0, 0.05) is 19.3 Å². The SMILES string of the molecule is CN(Cc1ccccc1)C(=O)C1CC1C(=O)Nc1ccc(C#N)cc1. The summed E-state index contributed by atoms with van der Waals surface area (Å²) in [7, 11) is 1.77. The van der Waals surface area contributed by atoms with Crippen molar-refractivity contribution < 1.29 is 9.59 Å². The molecule has 1 aliphatic rings. The zero-order valence-electron chi connectivity index (χ0n) is 14.0. The van der Waals surface area contributed by atoms with Crippen molar-refractivity contribution in [1.82, 2.24) is 4.90 Å². The Bertz CT molecular complexity index is 809. The molecule has 0 aromatic heterocycles. The number of nitriles is 1. The monoisotopic (exact) mass is 333 g/mol. The zero-order valence-corrected chi connectivity index (χ0v) is 14.0. The van der Waals surface area contributed by atoms with Crippen LogP contribution in [0.25, 0.3) is 0 Å². The van der Waals surface area contributed by atoms with Crippen LogP contribution in [0.3, 0.4) is 0 Å².